The van der Waals surface area contributed by atoms with Gasteiger partial charge in [0.15, 0.2) is 0 Å². The van der Waals surface area contributed by atoms with Gasteiger partial charge in [0.2, 0.25) is 0 Å². The summed E-state index contributed by atoms with van der Waals surface area (Å²) in [6.07, 6.45) is 4.23. The number of halogens is 1. The van der Waals surface area contributed by atoms with Gasteiger partial charge < -0.3 is 15.7 Å². The summed E-state index contributed by atoms with van der Waals surface area (Å²) in [7, 11) is 0. The summed E-state index contributed by atoms with van der Waals surface area (Å²) in [6, 6.07) is 0. The molecule has 1 aliphatic rings. The highest BCUT2D eigenvalue weighted by molar-refractivity contribution is 5.95. The third-order valence-corrected chi connectivity index (χ3v) is 3.81. The Morgan fingerprint density at radius 1 is 1.62 bits per heavy atom. The molecule has 1 atom stereocenters. The van der Waals surface area contributed by atoms with Crippen molar-refractivity contribution in [3.05, 3.63) is 17.5 Å². The van der Waals surface area contributed by atoms with Gasteiger partial charge in [0.1, 0.15) is 0 Å². The van der Waals surface area contributed by atoms with Crippen LogP contribution < -0.4 is 10.6 Å². The van der Waals surface area contributed by atoms with Crippen LogP contribution in [-0.4, -0.2) is 46.0 Å². The number of rotatable bonds is 5. The van der Waals surface area contributed by atoms with Crippen molar-refractivity contribution in [3.8, 4) is 0 Å². The van der Waals surface area contributed by atoms with Crippen LogP contribution >= 0.6 is 12.4 Å². The van der Waals surface area contributed by atoms with Crippen LogP contribution in [0, 0.1) is 6.92 Å². The highest BCUT2D eigenvalue weighted by Gasteiger charge is 2.29. The van der Waals surface area contributed by atoms with E-state index in [0.29, 0.717) is 18.5 Å². The fraction of sp³-hybridized carbons (Fsp3) is 0.714. The molecule has 0 saturated carbocycles. The zero-order valence-electron chi connectivity index (χ0n) is 12.7. The molecule has 21 heavy (non-hydrogen) atoms. The van der Waals surface area contributed by atoms with Crippen LogP contribution in [0.5, 0.6) is 0 Å². The van der Waals surface area contributed by atoms with E-state index in [2.05, 4.69) is 22.7 Å². The largest absolute Gasteiger partial charge is 0.387 e. The maximum atomic E-state index is 12.2. The summed E-state index contributed by atoms with van der Waals surface area (Å²) >= 11 is 0. The molecular formula is C14H25ClN4O2. The predicted octanol–water partition coefficient (Wildman–Crippen LogP) is 0.868. The maximum absolute atomic E-state index is 12.2. The number of aliphatic hydroxyl groups is 1. The highest BCUT2D eigenvalue weighted by atomic mass is 35.5. The van der Waals surface area contributed by atoms with Gasteiger partial charge in [-0.15, -0.1) is 12.4 Å². The van der Waals surface area contributed by atoms with Crippen LogP contribution in [0.1, 0.15) is 42.2 Å². The first-order chi connectivity index (χ1) is 9.56. The topological polar surface area (TPSA) is 79.2 Å². The van der Waals surface area contributed by atoms with Gasteiger partial charge in [-0.1, -0.05) is 6.92 Å². The Morgan fingerprint density at radius 3 is 3.00 bits per heavy atom. The molecule has 1 aromatic rings. The smallest absolute Gasteiger partial charge is 0.254 e. The Labute approximate surface area is 131 Å². The van der Waals surface area contributed by atoms with Crippen LogP contribution in [0.2, 0.25) is 0 Å². The monoisotopic (exact) mass is 316 g/mol. The van der Waals surface area contributed by atoms with Crippen LogP contribution in [0.3, 0.4) is 0 Å². The minimum atomic E-state index is -0.832. The van der Waals surface area contributed by atoms with Gasteiger partial charge in [-0.2, -0.15) is 5.10 Å². The number of nitrogens with zero attached hydrogens (tertiary/aromatic N) is 2. The van der Waals surface area contributed by atoms with Crippen molar-refractivity contribution >= 4 is 18.3 Å². The Kier molecular flexibility index (Phi) is 6.64. The van der Waals surface area contributed by atoms with Crippen LogP contribution in [-0.2, 0) is 6.54 Å². The lowest BCUT2D eigenvalue weighted by Gasteiger charge is -2.32. The molecule has 1 amide bonds. The first kappa shape index (κ1) is 17.9. The molecule has 6 nitrogen and oxygen atoms in total. The number of amides is 1. The number of carbonyl (C=O) groups is 1. The highest BCUT2D eigenvalue weighted by Crippen LogP contribution is 2.15. The molecule has 2 rings (SSSR count). The van der Waals surface area contributed by atoms with Gasteiger partial charge in [-0.05, 0) is 32.7 Å². The SMILES string of the molecule is CCCn1ncc(C(=O)NCC2(O)CCCNC2)c1C.Cl. The van der Waals surface area contributed by atoms with E-state index in [1.807, 2.05) is 11.6 Å². The Bertz CT molecular complexity index is 470. The first-order valence-corrected chi connectivity index (χ1v) is 7.29. The summed E-state index contributed by atoms with van der Waals surface area (Å²) < 4.78 is 1.84. The summed E-state index contributed by atoms with van der Waals surface area (Å²) in [5.74, 6) is -0.163. The van der Waals surface area contributed by atoms with Gasteiger partial charge >= 0.3 is 0 Å². The van der Waals surface area contributed by atoms with E-state index in [1.54, 1.807) is 6.20 Å². The molecule has 1 fully saturated rings. The van der Waals surface area contributed by atoms with E-state index < -0.39 is 5.60 Å². The normalized spacial score (nSPS) is 21.7. The predicted molar refractivity (Wildman–Crippen MR) is 83.9 cm³/mol. The van der Waals surface area contributed by atoms with Crippen LogP contribution in [0.15, 0.2) is 6.20 Å². The van der Waals surface area contributed by atoms with Crippen molar-refractivity contribution in [2.24, 2.45) is 0 Å². The number of nitrogens with one attached hydrogen (secondary N) is 2. The van der Waals surface area contributed by atoms with E-state index >= 15 is 0 Å². The molecule has 0 aromatic carbocycles. The van der Waals surface area contributed by atoms with Crippen molar-refractivity contribution in [2.75, 3.05) is 19.6 Å². The van der Waals surface area contributed by atoms with E-state index in [4.69, 9.17) is 0 Å². The number of aryl methyl sites for hydroxylation is 1. The van der Waals surface area contributed by atoms with E-state index in [0.717, 1.165) is 31.6 Å². The van der Waals surface area contributed by atoms with E-state index in [-0.39, 0.29) is 24.9 Å². The average molecular weight is 317 g/mol. The lowest BCUT2D eigenvalue weighted by Crippen LogP contribution is -2.52. The molecule has 0 spiro atoms. The van der Waals surface area contributed by atoms with Gasteiger partial charge in [0.05, 0.1) is 17.4 Å². The molecule has 1 saturated heterocycles. The first-order valence-electron chi connectivity index (χ1n) is 7.29. The number of hydrogen-bond donors (Lipinski definition) is 3. The molecule has 1 unspecified atom stereocenters. The maximum Gasteiger partial charge on any atom is 0.254 e. The fourth-order valence-corrected chi connectivity index (χ4v) is 2.55. The summed E-state index contributed by atoms with van der Waals surface area (Å²) in [4.78, 5) is 12.2. The second-order valence-electron chi connectivity index (χ2n) is 5.55. The summed E-state index contributed by atoms with van der Waals surface area (Å²) in [6.45, 7) is 6.52. The van der Waals surface area contributed by atoms with Crippen molar-refractivity contribution < 1.29 is 9.90 Å². The van der Waals surface area contributed by atoms with Gasteiger partial charge in [-0.25, -0.2) is 0 Å². The van der Waals surface area contributed by atoms with Crippen molar-refractivity contribution in [2.45, 2.75) is 45.3 Å². The lowest BCUT2D eigenvalue weighted by atomic mass is 9.94. The van der Waals surface area contributed by atoms with Crippen LogP contribution in [0.4, 0.5) is 0 Å². The quantitative estimate of drug-likeness (QED) is 0.753. The third-order valence-electron chi connectivity index (χ3n) is 3.81. The van der Waals surface area contributed by atoms with Gasteiger partial charge in [0.25, 0.3) is 5.91 Å². The fourth-order valence-electron chi connectivity index (χ4n) is 2.55. The second kappa shape index (κ2) is 7.77. The molecule has 7 heteroatoms. The molecular weight excluding hydrogens is 292 g/mol. The number of hydrogen-bond acceptors (Lipinski definition) is 4. The third kappa shape index (κ3) is 4.43. The number of piperidine rings is 1. The Balaban J connectivity index is 0.00000220. The molecule has 0 bridgehead atoms. The molecule has 120 valence electrons. The molecule has 2 heterocycles. The Morgan fingerprint density at radius 2 is 2.38 bits per heavy atom. The minimum Gasteiger partial charge on any atom is -0.387 e. The molecule has 0 radical (unpaired) electrons. The zero-order valence-corrected chi connectivity index (χ0v) is 13.5. The average Bonchev–Trinajstić information content (AvgIpc) is 2.79. The Hall–Kier alpha value is -1.11. The minimum absolute atomic E-state index is 0. The molecule has 3 N–H and O–H groups in total. The molecule has 0 aliphatic carbocycles. The summed E-state index contributed by atoms with van der Waals surface area (Å²) in [5, 5.41) is 20.5. The summed E-state index contributed by atoms with van der Waals surface area (Å²) in [5.41, 5.74) is 0.630. The lowest BCUT2D eigenvalue weighted by molar-refractivity contribution is 0.0170. The number of β-amino-alcohol motifs (C(OH)–C–C–N with tert-alkyl or cyclic N) is 1. The van der Waals surface area contributed by atoms with Gasteiger partial charge in [0, 0.05) is 25.3 Å². The van der Waals surface area contributed by atoms with Gasteiger partial charge in [-0.3, -0.25) is 9.48 Å². The zero-order chi connectivity index (χ0) is 14.6. The van der Waals surface area contributed by atoms with Crippen molar-refractivity contribution in [1.29, 1.82) is 0 Å². The number of carbonyl (C=O) groups excluding carboxylic acids is 1. The van der Waals surface area contributed by atoms with Crippen molar-refractivity contribution in [3.63, 3.8) is 0 Å². The second-order valence-corrected chi connectivity index (χ2v) is 5.55. The standard InChI is InChI=1S/C14H24N4O2.ClH/c1-3-7-18-11(2)12(8-17-18)13(19)16-10-14(20)5-4-6-15-9-14;/h8,15,20H,3-7,9-10H2,1-2H3,(H,16,19);1H. The number of aromatic nitrogens is 2. The van der Waals surface area contributed by atoms with Crippen molar-refractivity contribution in [1.82, 2.24) is 20.4 Å². The van der Waals surface area contributed by atoms with Crippen LogP contribution in [0.25, 0.3) is 0 Å². The molecule has 1 aromatic heterocycles. The van der Waals surface area contributed by atoms with E-state index in [9.17, 15) is 9.90 Å². The van der Waals surface area contributed by atoms with E-state index in [1.165, 1.54) is 0 Å². The molecule has 1 aliphatic heterocycles.